The van der Waals surface area contributed by atoms with E-state index in [2.05, 4.69) is 5.32 Å². The second kappa shape index (κ2) is 4.39. The van der Waals surface area contributed by atoms with Crippen molar-refractivity contribution >= 4 is 10.1 Å². The summed E-state index contributed by atoms with van der Waals surface area (Å²) < 4.78 is 29.9. The van der Waals surface area contributed by atoms with Crippen LogP contribution >= 0.6 is 0 Å². The van der Waals surface area contributed by atoms with Crippen molar-refractivity contribution in [1.29, 1.82) is 0 Å². The largest absolute Gasteiger partial charge is 0.316 e. The van der Waals surface area contributed by atoms with E-state index in [9.17, 15) is 8.42 Å². The lowest BCUT2D eigenvalue weighted by atomic mass is 9.89. The number of nitrogens with one attached hydrogen (secondary N) is 1. The maximum Gasteiger partial charge on any atom is 0.265 e. The van der Waals surface area contributed by atoms with Crippen LogP contribution in [0.4, 0.5) is 0 Å². The van der Waals surface area contributed by atoms with Crippen LogP contribution in [0.2, 0.25) is 0 Å². The van der Waals surface area contributed by atoms with Gasteiger partial charge in [-0.1, -0.05) is 6.92 Å². The summed E-state index contributed by atoms with van der Waals surface area (Å²) in [6.45, 7) is 3.78. The van der Waals surface area contributed by atoms with Gasteiger partial charge in [-0.2, -0.15) is 8.42 Å². The van der Waals surface area contributed by atoms with Gasteiger partial charge in [0.15, 0.2) is 0 Å². The third kappa shape index (κ3) is 4.06. The molecule has 4 nitrogen and oxygen atoms in total. The molecule has 1 saturated heterocycles. The third-order valence-corrected chi connectivity index (χ3v) is 3.56. The zero-order chi connectivity index (χ0) is 9.90. The van der Waals surface area contributed by atoms with Gasteiger partial charge in [-0.25, -0.2) is 0 Å². The lowest BCUT2D eigenvalue weighted by Gasteiger charge is -2.27. The van der Waals surface area contributed by atoms with Crippen molar-refractivity contribution in [1.82, 2.24) is 5.32 Å². The first-order chi connectivity index (χ1) is 5.99. The Labute approximate surface area is 79.5 Å². The Morgan fingerprint density at radius 1 is 1.62 bits per heavy atom. The van der Waals surface area contributed by atoms with E-state index in [1.54, 1.807) is 0 Å². The highest BCUT2D eigenvalue weighted by molar-refractivity contribution is 7.85. The van der Waals surface area contributed by atoms with E-state index in [1.807, 2.05) is 6.92 Å². The van der Waals surface area contributed by atoms with Crippen molar-refractivity contribution in [2.75, 3.05) is 18.8 Å². The smallest absolute Gasteiger partial charge is 0.265 e. The molecule has 2 N–H and O–H groups in total. The molecule has 1 aliphatic rings. The fourth-order valence-electron chi connectivity index (χ4n) is 1.83. The molecule has 0 spiro atoms. The van der Waals surface area contributed by atoms with Gasteiger partial charge in [0.25, 0.3) is 10.1 Å². The molecule has 1 aliphatic heterocycles. The van der Waals surface area contributed by atoms with Crippen molar-refractivity contribution in [3.05, 3.63) is 0 Å². The van der Waals surface area contributed by atoms with E-state index in [4.69, 9.17) is 4.55 Å². The summed E-state index contributed by atoms with van der Waals surface area (Å²) in [6.07, 6.45) is 2.16. The molecule has 0 aromatic rings. The molecule has 0 bridgehead atoms. The summed E-state index contributed by atoms with van der Waals surface area (Å²) in [5.74, 6) is 0.317. The molecular formula is C8H17NO3S. The Balaban J connectivity index is 2.42. The lowest BCUT2D eigenvalue weighted by molar-refractivity contribution is 0.294. The molecule has 1 rings (SSSR count). The minimum absolute atomic E-state index is 0.0443. The van der Waals surface area contributed by atoms with E-state index >= 15 is 0 Å². The molecule has 1 heterocycles. The van der Waals surface area contributed by atoms with Crippen LogP contribution in [0.25, 0.3) is 0 Å². The zero-order valence-corrected chi connectivity index (χ0v) is 8.68. The second-order valence-electron chi connectivity index (χ2n) is 3.83. The highest BCUT2D eigenvalue weighted by Crippen LogP contribution is 2.20. The van der Waals surface area contributed by atoms with E-state index in [0.29, 0.717) is 5.92 Å². The minimum atomic E-state index is -3.80. The first kappa shape index (κ1) is 10.9. The van der Waals surface area contributed by atoms with Crippen LogP contribution in [0.3, 0.4) is 0 Å². The van der Waals surface area contributed by atoms with Gasteiger partial charge in [0.2, 0.25) is 0 Å². The van der Waals surface area contributed by atoms with Crippen LogP contribution in [0.5, 0.6) is 0 Å². The summed E-state index contributed by atoms with van der Waals surface area (Å²) in [6, 6.07) is 0. The Morgan fingerprint density at radius 3 is 2.77 bits per heavy atom. The van der Waals surface area contributed by atoms with Crippen LogP contribution in [-0.2, 0) is 10.1 Å². The SMILES string of the molecule is CC(CS(=O)(=O)O)C1CCCNC1. The summed E-state index contributed by atoms with van der Waals surface area (Å²) in [7, 11) is -3.80. The Hall–Kier alpha value is -0.130. The van der Waals surface area contributed by atoms with Gasteiger partial charge < -0.3 is 5.32 Å². The topological polar surface area (TPSA) is 66.4 Å². The number of hydrogen-bond acceptors (Lipinski definition) is 3. The Kier molecular flexibility index (Phi) is 3.70. The van der Waals surface area contributed by atoms with Gasteiger partial charge in [-0.15, -0.1) is 0 Å². The molecule has 0 aromatic heterocycles. The van der Waals surface area contributed by atoms with E-state index in [-0.39, 0.29) is 11.7 Å². The number of piperidine rings is 1. The fourth-order valence-corrected chi connectivity index (χ4v) is 2.77. The standard InChI is InChI=1S/C8H17NO3S/c1-7(6-13(10,11)12)8-3-2-4-9-5-8/h7-9H,2-6H2,1H3,(H,10,11,12). The second-order valence-corrected chi connectivity index (χ2v) is 5.33. The molecule has 5 heteroatoms. The van der Waals surface area contributed by atoms with Crippen LogP contribution in [-0.4, -0.2) is 31.8 Å². The van der Waals surface area contributed by atoms with Gasteiger partial charge in [-0.05, 0) is 37.8 Å². The first-order valence-corrected chi connectivity index (χ1v) is 6.26. The average molecular weight is 207 g/mol. The molecule has 1 fully saturated rings. The van der Waals surface area contributed by atoms with E-state index in [0.717, 1.165) is 25.9 Å². The molecule has 0 saturated carbocycles. The predicted molar refractivity (Wildman–Crippen MR) is 51.2 cm³/mol. The van der Waals surface area contributed by atoms with E-state index < -0.39 is 10.1 Å². The molecule has 2 unspecified atom stereocenters. The molecule has 0 aliphatic carbocycles. The molecular weight excluding hydrogens is 190 g/mol. The zero-order valence-electron chi connectivity index (χ0n) is 7.86. The van der Waals surface area contributed by atoms with Crippen LogP contribution in [0.15, 0.2) is 0 Å². The lowest BCUT2D eigenvalue weighted by Crippen LogP contribution is -2.35. The Bertz CT molecular complexity index is 244. The highest BCUT2D eigenvalue weighted by atomic mass is 32.2. The Morgan fingerprint density at radius 2 is 2.31 bits per heavy atom. The van der Waals surface area contributed by atoms with Crippen molar-refractivity contribution in [3.63, 3.8) is 0 Å². The van der Waals surface area contributed by atoms with Crippen molar-refractivity contribution in [2.24, 2.45) is 11.8 Å². The number of hydrogen-bond donors (Lipinski definition) is 2. The van der Waals surface area contributed by atoms with Gasteiger partial charge >= 0.3 is 0 Å². The minimum Gasteiger partial charge on any atom is -0.316 e. The summed E-state index contributed by atoms with van der Waals surface area (Å²) in [4.78, 5) is 0. The molecule has 0 amide bonds. The first-order valence-electron chi connectivity index (χ1n) is 4.65. The summed E-state index contributed by atoms with van der Waals surface area (Å²) in [5.41, 5.74) is 0. The molecule has 2 atom stereocenters. The van der Waals surface area contributed by atoms with Crippen LogP contribution < -0.4 is 5.32 Å². The molecule has 0 radical (unpaired) electrons. The van der Waals surface area contributed by atoms with Crippen molar-refractivity contribution in [3.8, 4) is 0 Å². The van der Waals surface area contributed by atoms with Crippen molar-refractivity contribution < 1.29 is 13.0 Å². The quantitative estimate of drug-likeness (QED) is 0.662. The molecule has 78 valence electrons. The molecule has 13 heavy (non-hydrogen) atoms. The van der Waals surface area contributed by atoms with Crippen LogP contribution in [0, 0.1) is 11.8 Å². The van der Waals surface area contributed by atoms with Gasteiger partial charge in [0, 0.05) is 0 Å². The monoisotopic (exact) mass is 207 g/mol. The summed E-state index contributed by atoms with van der Waals surface area (Å²) >= 11 is 0. The maximum absolute atomic E-state index is 10.6. The fraction of sp³-hybridized carbons (Fsp3) is 1.00. The van der Waals surface area contributed by atoms with Gasteiger partial charge in [0.1, 0.15) is 0 Å². The third-order valence-electron chi connectivity index (χ3n) is 2.61. The highest BCUT2D eigenvalue weighted by Gasteiger charge is 2.23. The van der Waals surface area contributed by atoms with Gasteiger partial charge in [0.05, 0.1) is 5.75 Å². The number of rotatable bonds is 3. The van der Waals surface area contributed by atoms with Gasteiger partial charge in [-0.3, -0.25) is 4.55 Å². The van der Waals surface area contributed by atoms with Crippen molar-refractivity contribution in [2.45, 2.75) is 19.8 Å². The summed E-state index contributed by atoms with van der Waals surface area (Å²) in [5, 5.41) is 3.23. The predicted octanol–water partition coefficient (Wildman–Crippen LogP) is 0.510. The maximum atomic E-state index is 10.6. The molecule has 0 aromatic carbocycles. The average Bonchev–Trinajstić information content (AvgIpc) is 2.03. The van der Waals surface area contributed by atoms with Crippen LogP contribution in [0.1, 0.15) is 19.8 Å². The van der Waals surface area contributed by atoms with E-state index in [1.165, 1.54) is 0 Å². The normalized spacial score (nSPS) is 27.1.